The van der Waals surface area contributed by atoms with Crippen molar-refractivity contribution in [3.05, 3.63) is 111 Å². The van der Waals surface area contributed by atoms with Crippen LogP contribution in [-0.2, 0) is 16.1 Å². The number of fused-ring (bicyclic) bond motifs is 1. The highest BCUT2D eigenvalue weighted by atomic mass is 16.6. The molecular weight excluding hydrogens is 460 g/mol. The van der Waals surface area contributed by atoms with Gasteiger partial charge in [-0.05, 0) is 42.3 Å². The summed E-state index contributed by atoms with van der Waals surface area (Å²) < 4.78 is 1.94. The number of aromatic nitrogens is 1. The van der Waals surface area contributed by atoms with Gasteiger partial charge in [-0.2, -0.15) is 0 Å². The van der Waals surface area contributed by atoms with E-state index in [1.807, 2.05) is 48.0 Å². The summed E-state index contributed by atoms with van der Waals surface area (Å²) in [4.78, 5) is 49.9. The largest absolute Gasteiger partial charge is 0.342 e. The van der Waals surface area contributed by atoms with Crippen molar-refractivity contribution in [2.45, 2.75) is 13.5 Å². The van der Waals surface area contributed by atoms with Crippen molar-refractivity contribution in [1.82, 2.24) is 9.88 Å². The first-order valence-electron chi connectivity index (χ1n) is 11.1. The van der Waals surface area contributed by atoms with Crippen molar-refractivity contribution >= 4 is 46.2 Å². The summed E-state index contributed by atoms with van der Waals surface area (Å²) >= 11 is 0. The Hall–Kier alpha value is -5.05. The van der Waals surface area contributed by atoms with Crippen LogP contribution in [0.1, 0.15) is 16.7 Å². The summed E-state index contributed by atoms with van der Waals surface area (Å²) in [6.07, 6.45) is 3.30. The number of aryl methyl sites for hydroxylation is 1. The molecule has 0 aliphatic carbocycles. The van der Waals surface area contributed by atoms with Crippen LogP contribution in [0.4, 0.5) is 16.2 Å². The molecule has 2 heterocycles. The maximum Gasteiger partial charge on any atom is 0.335 e. The number of nitro benzene ring substituents is 1. The molecule has 3 aromatic carbocycles. The number of non-ortho nitro benzene ring substituents is 1. The summed E-state index contributed by atoms with van der Waals surface area (Å²) in [7, 11) is 0. The number of nitrogens with zero attached hydrogens (tertiary/aromatic N) is 3. The van der Waals surface area contributed by atoms with Crippen molar-refractivity contribution in [2.75, 3.05) is 4.90 Å². The fraction of sp³-hybridized carbons (Fsp3) is 0.0741. The Kier molecular flexibility index (Phi) is 5.65. The number of amides is 4. The lowest BCUT2D eigenvalue weighted by molar-refractivity contribution is -0.384. The lowest BCUT2D eigenvalue weighted by atomic mass is 10.1. The van der Waals surface area contributed by atoms with Crippen LogP contribution in [0, 0.1) is 17.0 Å². The van der Waals surface area contributed by atoms with Gasteiger partial charge in [0.25, 0.3) is 17.5 Å². The smallest absolute Gasteiger partial charge is 0.335 e. The van der Waals surface area contributed by atoms with Crippen molar-refractivity contribution < 1.29 is 19.3 Å². The van der Waals surface area contributed by atoms with E-state index in [4.69, 9.17) is 0 Å². The van der Waals surface area contributed by atoms with Gasteiger partial charge in [0.15, 0.2) is 0 Å². The van der Waals surface area contributed by atoms with E-state index in [1.54, 1.807) is 30.3 Å². The van der Waals surface area contributed by atoms with Gasteiger partial charge in [-0.3, -0.25) is 25.0 Å². The van der Waals surface area contributed by atoms with Crippen molar-refractivity contribution in [3.63, 3.8) is 0 Å². The minimum Gasteiger partial charge on any atom is -0.342 e. The molecule has 4 amide bonds. The number of urea groups is 1. The molecule has 1 fully saturated rings. The standard InChI is InChI=1S/C27H20N4O5/c1-17-5-4-6-21(13-17)30-26(33)23(25(32)28-27(30)34)14-19-16-29(24-8-3-2-7-22(19)24)15-18-9-11-20(12-10-18)31(35)36/h2-14,16H,15H2,1H3,(H,28,32,34)/b23-14+. The third-order valence-electron chi connectivity index (χ3n) is 5.98. The molecule has 0 unspecified atom stereocenters. The molecule has 0 atom stereocenters. The Balaban J connectivity index is 1.54. The number of carbonyl (C=O) groups is 3. The normalized spacial score (nSPS) is 15.0. The number of anilines is 1. The fourth-order valence-electron chi connectivity index (χ4n) is 4.26. The number of benzene rings is 3. The SMILES string of the molecule is Cc1cccc(N2C(=O)NC(=O)/C(=C\c3cn(Cc4ccc([N+](=O)[O-])cc4)c4ccccc34)C2=O)c1. The highest BCUT2D eigenvalue weighted by molar-refractivity contribution is 6.39. The monoisotopic (exact) mass is 480 g/mol. The van der Waals surface area contributed by atoms with E-state index < -0.39 is 22.8 Å². The van der Waals surface area contributed by atoms with Crippen molar-refractivity contribution in [2.24, 2.45) is 0 Å². The number of rotatable bonds is 5. The second kappa shape index (κ2) is 8.95. The predicted octanol–water partition coefficient (Wildman–Crippen LogP) is 4.57. The number of barbiturate groups is 1. The van der Waals surface area contributed by atoms with E-state index >= 15 is 0 Å². The van der Waals surface area contributed by atoms with Crippen LogP contribution >= 0.6 is 0 Å². The molecule has 1 N–H and O–H groups in total. The number of hydrogen-bond donors (Lipinski definition) is 1. The Morgan fingerprint density at radius 1 is 0.972 bits per heavy atom. The number of carbonyl (C=O) groups excluding carboxylic acids is 3. The zero-order chi connectivity index (χ0) is 25.4. The molecule has 36 heavy (non-hydrogen) atoms. The van der Waals surface area contributed by atoms with E-state index in [0.29, 0.717) is 17.8 Å². The highest BCUT2D eigenvalue weighted by Crippen LogP contribution is 2.27. The molecular formula is C27H20N4O5. The first-order chi connectivity index (χ1) is 17.3. The lowest BCUT2D eigenvalue weighted by Gasteiger charge is -2.26. The number of hydrogen-bond acceptors (Lipinski definition) is 5. The van der Waals surface area contributed by atoms with Crippen LogP contribution in [0.25, 0.3) is 17.0 Å². The summed E-state index contributed by atoms with van der Waals surface area (Å²) in [6.45, 7) is 2.27. The average Bonchev–Trinajstić information content (AvgIpc) is 3.19. The van der Waals surface area contributed by atoms with Gasteiger partial charge >= 0.3 is 6.03 Å². The summed E-state index contributed by atoms with van der Waals surface area (Å²) in [5.74, 6) is -1.47. The van der Waals surface area contributed by atoms with E-state index in [9.17, 15) is 24.5 Å². The minimum atomic E-state index is -0.798. The molecule has 1 aliphatic rings. The Morgan fingerprint density at radius 2 is 1.72 bits per heavy atom. The predicted molar refractivity (Wildman–Crippen MR) is 134 cm³/mol. The Labute approximate surface area is 205 Å². The van der Waals surface area contributed by atoms with Crippen molar-refractivity contribution in [1.29, 1.82) is 0 Å². The Bertz CT molecular complexity index is 1580. The van der Waals surface area contributed by atoms with Gasteiger partial charge < -0.3 is 4.57 Å². The molecule has 1 saturated heterocycles. The minimum absolute atomic E-state index is 0.0103. The number of imide groups is 2. The second-order valence-electron chi connectivity index (χ2n) is 8.45. The third kappa shape index (κ3) is 4.14. The third-order valence-corrected chi connectivity index (χ3v) is 5.98. The fourth-order valence-corrected chi connectivity index (χ4v) is 4.26. The van der Waals surface area contributed by atoms with Gasteiger partial charge in [-0.1, -0.05) is 42.5 Å². The molecule has 4 aromatic rings. The summed E-state index contributed by atoms with van der Waals surface area (Å²) in [6, 6.07) is 19.9. The quantitative estimate of drug-likeness (QED) is 0.194. The molecule has 0 radical (unpaired) electrons. The van der Waals surface area contributed by atoms with E-state index in [-0.39, 0.29) is 11.3 Å². The summed E-state index contributed by atoms with van der Waals surface area (Å²) in [5, 5.41) is 14.0. The summed E-state index contributed by atoms with van der Waals surface area (Å²) in [5.41, 5.74) is 3.43. The van der Waals surface area contributed by atoms with Crippen molar-refractivity contribution in [3.8, 4) is 0 Å². The van der Waals surface area contributed by atoms with Crippen LogP contribution in [-0.4, -0.2) is 27.3 Å². The molecule has 1 aromatic heterocycles. The molecule has 5 rings (SSSR count). The lowest BCUT2D eigenvalue weighted by Crippen LogP contribution is -2.54. The number of nitrogens with one attached hydrogen (secondary N) is 1. The van der Waals surface area contributed by atoms with Gasteiger partial charge in [0.2, 0.25) is 0 Å². The average molecular weight is 480 g/mol. The molecule has 1 aliphatic heterocycles. The van der Waals surface area contributed by atoms with Gasteiger partial charge in [0.1, 0.15) is 5.57 Å². The van der Waals surface area contributed by atoms with Crippen LogP contribution in [0.5, 0.6) is 0 Å². The molecule has 178 valence electrons. The maximum atomic E-state index is 13.3. The van der Waals surface area contributed by atoms with Gasteiger partial charge in [0, 0.05) is 41.3 Å². The zero-order valence-electron chi connectivity index (χ0n) is 19.2. The van der Waals surface area contributed by atoms with Gasteiger partial charge in [-0.25, -0.2) is 9.69 Å². The highest BCUT2D eigenvalue weighted by Gasteiger charge is 2.37. The first-order valence-corrected chi connectivity index (χ1v) is 11.1. The first kappa shape index (κ1) is 22.7. The van der Waals surface area contributed by atoms with Gasteiger partial charge in [0.05, 0.1) is 10.6 Å². The molecule has 0 bridgehead atoms. The molecule has 0 spiro atoms. The van der Waals surface area contributed by atoms with Crippen LogP contribution in [0.15, 0.2) is 84.6 Å². The Morgan fingerprint density at radius 3 is 2.44 bits per heavy atom. The molecule has 9 heteroatoms. The van der Waals surface area contributed by atoms with Gasteiger partial charge in [-0.15, -0.1) is 0 Å². The zero-order valence-corrected chi connectivity index (χ0v) is 19.2. The second-order valence-corrected chi connectivity index (χ2v) is 8.45. The van der Waals surface area contributed by atoms with E-state index in [0.717, 1.165) is 26.9 Å². The van der Waals surface area contributed by atoms with Crippen LogP contribution in [0.3, 0.4) is 0 Å². The number of para-hydroxylation sites is 1. The molecule has 0 saturated carbocycles. The number of nitro groups is 1. The maximum absolute atomic E-state index is 13.3. The van der Waals surface area contributed by atoms with E-state index in [2.05, 4.69) is 5.32 Å². The molecule has 9 nitrogen and oxygen atoms in total. The van der Waals surface area contributed by atoms with Crippen LogP contribution in [0.2, 0.25) is 0 Å². The van der Waals surface area contributed by atoms with Crippen LogP contribution < -0.4 is 10.2 Å². The van der Waals surface area contributed by atoms with E-state index in [1.165, 1.54) is 18.2 Å². The topological polar surface area (TPSA) is 115 Å².